The van der Waals surface area contributed by atoms with E-state index in [1.807, 2.05) is 0 Å². The van der Waals surface area contributed by atoms with Crippen LogP contribution in [0.25, 0.3) is 5.52 Å². The van der Waals surface area contributed by atoms with Gasteiger partial charge in [0.1, 0.15) is 0 Å². The maximum Gasteiger partial charge on any atom is 0.328 e. The summed E-state index contributed by atoms with van der Waals surface area (Å²) < 4.78 is 1.63. The van der Waals surface area contributed by atoms with Crippen LogP contribution in [0.2, 0.25) is 0 Å². The van der Waals surface area contributed by atoms with Crippen LogP contribution in [0.15, 0.2) is 24.7 Å². The summed E-state index contributed by atoms with van der Waals surface area (Å²) in [6.07, 6.45) is 4.07. The number of aromatic nitrogens is 2. The molecule has 0 aromatic carbocycles. The average molecular weight is 258 g/mol. The van der Waals surface area contributed by atoms with Crippen molar-refractivity contribution in [1.82, 2.24) is 14.7 Å². The molecule has 3 heterocycles. The number of imidazole rings is 1. The summed E-state index contributed by atoms with van der Waals surface area (Å²) in [7, 11) is 0. The number of fused-ring (bicyclic) bond motifs is 1. The highest BCUT2D eigenvalue weighted by molar-refractivity contribution is 6.06. The summed E-state index contributed by atoms with van der Waals surface area (Å²) in [5, 5.41) is 2.24. The molecule has 7 heteroatoms. The van der Waals surface area contributed by atoms with Crippen LogP contribution >= 0.6 is 0 Å². The van der Waals surface area contributed by atoms with Crippen LogP contribution in [0.1, 0.15) is 16.9 Å². The third-order valence-corrected chi connectivity index (χ3v) is 3.02. The smallest absolute Gasteiger partial charge is 0.296 e. The van der Waals surface area contributed by atoms with Crippen LogP contribution in [0.5, 0.6) is 0 Å². The number of imide groups is 1. The Kier molecular flexibility index (Phi) is 2.52. The quantitative estimate of drug-likeness (QED) is 0.799. The van der Waals surface area contributed by atoms with Crippen LogP contribution in [0.4, 0.5) is 10.5 Å². The molecule has 1 fully saturated rings. The van der Waals surface area contributed by atoms with E-state index < -0.39 is 6.03 Å². The minimum atomic E-state index is -0.475. The minimum Gasteiger partial charge on any atom is -0.296 e. The van der Waals surface area contributed by atoms with Gasteiger partial charge in [-0.05, 0) is 12.1 Å². The zero-order valence-electron chi connectivity index (χ0n) is 9.87. The Labute approximate surface area is 107 Å². The summed E-state index contributed by atoms with van der Waals surface area (Å²) >= 11 is 0. The molecule has 2 aromatic heterocycles. The van der Waals surface area contributed by atoms with E-state index in [0.717, 1.165) is 0 Å². The average Bonchev–Trinajstić information content (AvgIpc) is 2.85. The lowest BCUT2D eigenvalue weighted by molar-refractivity contribution is -0.120. The summed E-state index contributed by atoms with van der Waals surface area (Å²) in [5.41, 5.74) is 1.68. The maximum atomic E-state index is 11.8. The van der Waals surface area contributed by atoms with Crippen molar-refractivity contribution in [2.75, 3.05) is 11.4 Å². The summed E-state index contributed by atoms with van der Waals surface area (Å²) in [4.78, 5) is 39.3. The van der Waals surface area contributed by atoms with E-state index in [2.05, 4.69) is 10.3 Å². The van der Waals surface area contributed by atoms with Gasteiger partial charge in [0.2, 0.25) is 5.91 Å². The van der Waals surface area contributed by atoms with E-state index in [0.29, 0.717) is 29.7 Å². The van der Waals surface area contributed by atoms with Crippen LogP contribution in [-0.4, -0.2) is 34.2 Å². The fourth-order valence-corrected chi connectivity index (χ4v) is 2.10. The molecule has 0 unspecified atom stereocenters. The molecular weight excluding hydrogens is 248 g/mol. The molecule has 1 aliphatic rings. The Bertz CT molecular complexity index is 691. The number of amides is 3. The topological polar surface area (TPSA) is 83.8 Å². The molecule has 1 N–H and O–H groups in total. The summed E-state index contributed by atoms with van der Waals surface area (Å²) in [6.45, 7) is 0.299. The molecule has 1 saturated heterocycles. The Morgan fingerprint density at radius 3 is 2.89 bits per heavy atom. The van der Waals surface area contributed by atoms with Gasteiger partial charge in [-0.3, -0.25) is 24.2 Å². The number of nitrogens with zero attached hydrogens (tertiary/aromatic N) is 3. The van der Waals surface area contributed by atoms with Gasteiger partial charge in [0.25, 0.3) is 0 Å². The first-order valence-corrected chi connectivity index (χ1v) is 5.71. The van der Waals surface area contributed by atoms with Crippen LogP contribution in [0.3, 0.4) is 0 Å². The SMILES string of the molecule is O=Cc1cc(N2CCC(=O)NC2=O)cc2cncn12. The largest absolute Gasteiger partial charge is 0.328 e. The van der Waals surface area contributed by atoms with E-state index >= 15 is 0 Å². The number of urea groups is 1. The molecule has 0 atom stereocenters. The lowest BCUT2D eigenvalue weighted by Crippen LogP contribution is -2.49. The zero-order chi connectivity index (χ0) is 13.4. The lowest BCUT2D eigenvalue weighted by Gasteiger charge is -2.26. The summed E-state index contributed by atoms with van der Waals surface area (Å²) in [5.74, 6) is -0.290. The van der Waals surface area contributed by atoms with E-state index in [4.69, 9.17) is 0 Å². The van der Waals surface area contributed by atoms with Gasteiger partial charge in [0.05, 0.1) is 23.7 Å². The van der Waals surface area contributed by atoms with Gasteiger partial charge in [-0.15, -0.1) is 0 Å². The second-order valence-corrected chi connectivity index (χ2v) is 4.20. The molecule has 96 valence electrons. The number of nitrogens with one attached hydrogen (secondary N) is 1. The van der Waals surface area contributed by atoms with Crippen molar-refractivity contribution < 1.29 is 14.4 Å². The first-order valence-electron chi connectivity index (χ1n) is 5.71. The Morgan fingerprint density at radius 1 is 1.32 bits per heavy atom. The lowest BCUT2D eigenvalue weighted by atomic mass is 10.2. The maximum absolute atomic E-state index is 11.8. The first-order chi connectivity index (χ1) is 9.19. The number of aldehydes is 1. The predicted octanol–water partition coefficient (Wildman–Crippen LogP) is 0.593. The summed E-state index contributed by atoms with van der Waals surface area (Å²) in [6, 6.07) is 2.86. The molecule has 3 rings (SSSR count). The highest BCUT2D eigenvalue weighted by atomic mass is 16.2. The van der Waals surface area contributed by atoms with Gasteiger partial charge in [0.15, 0.2) is 6.29 Å². The van der Waals surface area contributed by atoms with Gasteiger partial charge in [0, 0.05) is 18.7 Å². The number of anilines is 1. The molecule has 1 aliphatic heterocycles. The molecular formula is C12H10N4O3. The molecule has 2 aromatic rings. The molecule has 19 heavy (non-hydrogen) atoms. The molecule has 7 nitrogen and oxygen atoms in total. The van der Waals surface area contributed by atoms with Crippen molar-refractivity contribution in [3.8, 4) is 0 Å². The standard InChI is InChI=1S/C12H10N4O3/c17-6-10-4-8(3-9-5-13-7-16(9)10)15-2-1-11(18)14-12(15)19/h3-7H,1-2H2,(H,14,18,19). The second kappa shape index (κ2) is 4.20. The number of pyridine rings is 1. The van der Waals surface area contributed by atoms with Crippen molar-refractivity contribution in [2.24, 2.45) is 0 Å². The molecule has 3 amide bonds. The third kappa shape index (κ3) is 1.85. The fourth-order valence-electron chi connectivity index (χ4n) is 2.10. The molecule has 0 bridgehead atoms. The third-order valence-electron chi connectivity index (χ3n) is 3.02. The van der Waals surface area contributed by atoms with Crippen molar-refractivity contribution in [1.29, 1.82) is 0 Å². The minimum absolute atomic E-state index is 0.243. The molecule has 0 saturated carbocycles. The second-order valence-electron chi connectivity index (χ2n) is 4.20. The van der Waals surface area contributed by atoms with Gasteiger partial charge in [-0.25, -0.2) is 9.78 Å². The first kappa shape index (κ1) is 11.4. The normalized spacial score (nSPS) is 15.7. The zero-order valence-corrected chi connectivity index (χ0v) is 9.87. The Morgan fingerprint density at radius 2 is 2.16 bits per heavy atom. The molecule has 0 spiro atoms. The molecule has 0 aliphatic carbocycles. The van der Waals surface area contributed by atoms with E-state index in [1.54, 1.807) is 22.7 Å². The van der Waals surface area contributed by atoms with Gasteiger partial charge < -0.3 is 0 Å². The van der Waals surface area contributed by atoms with Crippen LogP contribution in [-0.2, 0) is 4.79 Å². The van der Waals surface area contributed by atoms with Crippen molar-refractivity contribution in [3.63, 3.8) is 0 Å². The monoisotopic (exact) mass is 258 g/mol. The predicted molar refractivity (Wildman–Crippen MR) is 66.1 cm³/mol. The van der Waals surface area contributed by atoms with Crippen molar-refractivity contribution in [2.45, 2.75) is 6.42 Å². The Balaban J connectivity index is 2.07. The van der Waals surface area contributed by atoms with E-state index in [-0.39, 0.29) is 12.3 Å². The molecule has 0 radical (unpaired) electrons. The fraction of sp³-hybridized carbons (Fsp3) is 0.167. The van der Waals surface area contributed by atoms with Crippen molar-refractivity contribution >= 4 is 29.4 Å². The van der Waals surface area contributed by atoms with E-state index in [9.17, 15) is 14.4 Å². The van der Waals surface area contributed by atoms with Gasteiger partial charge in [-0.1, -0.05) is 0 Å². The van der Waals surface area contributed by atoms with Crippen molar-refractivity contribution in [3.05, 3.63) is 30.4 Å². The highest BCUT2D eigenvalue weighted by Gasteiger charge is 2.24. The number of carbonyl (C=O) groups excluding carboxylic acids is 3. The van der Waals surface area contributed by atoms with Crippen LogP contribution < -0.4 is 10.2 Å². The Hall–Kier alpha value is -2.70. The number of carbonyl (C=O) groups is 3. The van der Waals surface area contributed by atoms with E-state index in [1.165, 1.54) is 11.2 Å². The van der Waals surface area contributed by atoms with Gasteiger partial charge in [-0.2, -0.15) is 0 Å². The number of hydrogen-bond donors (Lipinski definition) is 1. The van der Waals surface area contributed by atoms with Gasteiger partial charge >= 0.3 is 6.03 Å². The number of hydrogen-bond acceptors (Lipinski definition) is 4. The number of rotatable bonds is 2. The highest BCUT2D eigenvalue weighted by Crippen LogP contribution is 2.21. The van der Waals surface area contributed by atoms with Crippen LogP contribution in [0, 0.1) is 0 Å².